The van der Waals surface area contributed by atoms with E-state index in [-0.39, 0.29) is 11.7 Å². The van der Waals surface area contributed by atoms with Crippen molar-refractivity contribution in [3.63, 3.8) is 0 Å². The second kappa shape index (κ2) is 11.9. The number of nitrogens with zero attached hydrogens (tertiary/aromatic N) is 6. The molecular formula is C30H34FN7OS2. The molecule has 41 heavy (non-hydrogen) atoms. The molecule has 4 heterocycles. The van der Waals surface area contributed by atoms with Gasteiger partial charge in [0.1, 0.15) is 28.3 Å². The number of thiazole rings is 2. The molecule has 0 atom stereocenters. The van der Waals surface area contributed by atoms with E-state index in [1.807, 2.05) is 0 Å². The number of halogens is 1. The zero-order valence-corrected chi connectivity index (χ0v) is 25.0. The van der Waals surface area contributed by atoms with Gasteiger partial charge in [-0.3, -0.25) is 14.1 Å². The predicted octanol–water partition coefficient (Wildman–Crippen LogP) is 5.96. The van der Waals surface area contributed by atoms with E-state index in [2.05, 4.69) is 45.6 Å². The molecule has 1 saturated carbocycles. The van der Waals surface area contributed by atoms with Gasteiger partial charge in [-0.2, -0.15) is 5.26 Å². The van der Waals surface area contributed by atoms with Crippen molar-refractivity contribution in [2.24, 2.45) is 5.92 Å². The first-order valence-electron chi connectivity index (χ1n) is 14.4. The molecule has 1 saturated heterocycles. The highest BCUT2D eigenvalue weighted by Gasteiger charge is 2.28. The molecule has 0 radical (unpaired) electrons. The summed E-state index contributed by atoms with van der Waals surface area (Å²) >= 11 is 3.09. The number of likely N-dealkylation sites (tertiary alicyclic amines) is 1. The largest absolute Gasteiger partial charge is 0.355 e. The number of hydrogen-bond donors (Lipinski definition) is 1. The van der Waals surface area contributed by atoms with Crippen molar-refractivity contribution >= 4 is 44.5 Å². The van der Waals surface area contributed by atoms with Gasteiger partial charge in [0.2, 0.25) is 5.91 Å². The third-order valence-electron chi connectivity index (χ3n) is 8.00. The van der Waals surface area contributed by atoms with Crippen LogP contribution in [-0.4, -0.2) is 57.9 Å². The molecule has 2 fully saturated rings. The smallest absolute Gasteiger partial charge is 0.234 e. The van der Waals surface area contributed by atoms with Gasteiger partial charge in [-0.1, -0.05) is 18.3 Å². The van der Waals surface area contributed by atoms with Gasteiger partial charge in [0.15, 0.2) is 10.1 Å². The standard InChI is InChI=1S/C30H34FN7OS2/c1-3-23-28(37(4-2)30-35-27(24(15-32)40-30)21-7-9-22(31)10-8-21)38-17-25(41-29(38)34-23)20-11-13-36(14-12-20)18-26(39)33-16-19-5-6-19/h7-10,17,19-20H,3-6,11-14,16,18H2,1-2H3,(H,33,39). The number of rotatable bonds is 10. The van der Waals surface area contributed by atoms with Crippen LogP contribution >= 0.6 is 22.7 Å². The Labute approximate surface area is 247 Å². The molecule has 0 unspecified atom stereocenters. The number of hydrogen-bond acceptors (Lipinski definition) is 8. The number of nitrogens with one attached hydrogen (secondary N) is 1. The Kier molecular flexibility index (Phi) is 8.06. The summed E-state index contributed by atoms with van der Waals surface area (Å²) in [6.45, 7) is 7.99. The van der Waals surface area contributed by atoms with Crippen LogP contribution in [0.5, 0.6) is 0 Å². The number of aromatic nitrogens is 3. The lowest BCUT2D eigenvalue weighted by Crippen LogP contribution is -2.41. The van der Waals surface area contributed by atoms with E-state index in [1.165, 1.54) is 41.2 Å². The molecule has 1 N–H and O–H groups in total. The molecule has 8 nitrogen and oxygen atoms in total. The Bertz CT molecular complexity index is 1570. The van der Waals surface area contributed by atoms with E-state index in [0.29, 0.717) is 35.5 Å². The van der Waals surface area contributed by atoms with Crippen molar-refractivity contribution in [3.8, 4) is 17.3 Å². The van der Waals surface area contributed by atoms with Gasteiger partial charge in [-0.05, 0) is 88.2 Å². The number of aryl methyl sites for hydroxylation is 1. The summed E-state index contributed by atoms with van der Waals surface area (Å²) in [6.07, 6.45) is 7.53. The van der Waals surface area contributed by atoms with Crippen molar-refractivity contribution in [1.82, 2.24) is 24.6 Å². The lowest BCUT2D eigenvalue weighted by molar-refractivity contribution is -0.122. The normalized spacial score (nSPS) is 16.2. The molecule has 3 aromatic heterocycles. The molecule has 1 aromatic carbocycles. The zero-order valence-electron chi connectivity index (χ0n) is 23.4. The number of nitriles is 1. The number of benzene rings is 1. The van der Waals surface area contributed by atoms with Gasteiger partial charge in [0.05, 0.1) is 12.2 Å². The van der Waals surface area contributed by atoms with E-state index < -0.39 is 0 Å². The molecule has 214 valence electrons. The zero-order chi connectivity index (χ0) is 28.5. The lowest BCUT2D eigenvalue weighted by atomic mass is 9.96. The molecule has 1 aliphatic heterocycles. The number of imidazole rings is 1. The molecular weight excluding hydrogens is 558 g/mol. The number of fused-ring (bicyclic) bond motifs is 1. The van der Waals surface area contributed by atoms with E-state index in [1.54, 1.807) is 23.5 Å². The van der Waals surface area contributed by atoms with Gasteiger partial charge in [0.25, 0.3) is 0 Å². The first kappa shape index (κ1) is 27.8. The Morgan fingerprint density at radius 3 is 2.56 bits per heavy atom. The number of piperidine rings is 1. The van der Waals surface area contributed by atoms with E-state index in [4.69, 9.17) is 9.97 Å². The molecule has 0 bridgehead atoms. The average Bonchev–Trinajstić information content (AvgIpc) is 3.42. The summed E-state index contributed by atoms with van der Waals surface area (Å²) in [5.41, 5.74) is 2.29. The summed E-state index contributed by atoms with van der Waals surface area (Å²) in [5, 5.41) is 13.7. The molecule has 6 rings (SSSR count). The molecule has 2 aliphatic rings. The summed E-state index contributed by atoms with van der Waals surface area (Å²) in [4.78, 5) is 29.4. The van der Waals surface area contributed by atoms with Crippen molar-refractivity contribution in [1.29, 1.82) is 5.26 Å². The minimum Gasteiger partial charge on any atom is -0.355 e. The monoisotopic (exact) mass is 591 g/mol. The molecule has 1 aliphatic carbocycles. The van der Waals surface area contributed by atoms with Crippen LogP contribution in [0.25, 0.3) is 16.2 Å². The lowest BCUT2D eigenvalue weighted by Gasteiger charge is -2.30. The predicted molar refractivity (Wildman–Crippen MR) is 161 cm³/mol. The van der Waals surface area contributed by atoms with Crippen LogP contribution in [0.1, 0.15) is 60.9 Å². The van der Waals surface area contributed by atoms with Crippen LogP contribution in [0.2, 0.25) is 0 Å². The van der Waals surface area contributed by atoms with E-state index in [9.17, 15) is 14.4 Å². The molecule has 4 aromatic rings. The highest BCUT2D eigenvalue weighted by atomic mass is 32.1. The topological polar surface area (TPSA) is 89.6 Å². The second-order valence-electron chi connectivity index (χ2n) is 10.9. The number of carbonyl (C=O) groups excluding carboxylic acids is 1. The fourth-order valence-electron chi connectivity index (χ4n) is 5.50. The van der Waals surface area contributed by atoms with Gasteiger partial charge in [0, 0.05) is 29.7 Å². The van der Waals surface area contributed by atoms with Crippen molar-refractivity contribution in [3.05, 3.63) is 51.7 Å². The second-order valence-corrected chi connectivity index (χ2v) is 12.9. The number of anilines is 2. The SMILES string of the molecule is CCc1nc2sc(C3CCN(CC(=O)NCC4CC4)CC3)cn2c1N(CC)c1nc(-c2ccc(F)cc2)c(C#N)s1. The first-order valence-corrected chi connectivity index (χ1v) is 16.0. The average molecular weight is 592 g/mol. The highest BCUT2D eigenvalue weighted by molar-refractivity contribution is 7.17. The number of amides is 1. The Hall–Kier alpha value is -3.33. The Morgan fingerprint density at radius 1 is 1.15 bits per heavy atom. The van der Waals surface area contributed by atoms with Crippen molar-refractivity contribution < 1.29 is 9.18 Å². The number of carbonyl (C=O) groups is 1. The quantitative estimate of drug-likeness (QED) is 0.245. The van der Waals surface area contributed by atoms with Crippen LogP contribution < -0.4 is 10.2 Å². The minimum atomic E-state index is -0.319. The van der Waals surface area contributed by atoms with E-state index in [0.717, 1.165) is 66.1 Å². The summed E-state index contributed by atoms with van der Waals surface area (Å²) in [7, 11) is 0. The van der Waals surface area contributed by atoms with Gasteiger partial charge in [-0.15, -0.1) is 11.3 Å². The van der Waals surface area contributed by atoms with Gasteiger partial charge < -0.3 is 10.2 Å². The van der Waals surface area contributed by atoms with Crippen LogP contribution in [-0.2, 0) is 11.2 Å². The molecule has 11 heteroatoms. The van der Waals surface area contributed by atoms with Gasteiger partial charge in [-0.25, -0.2) is 14.4 Å². The Balaban J connectivity index is 1.22. The first-order chi connectivity index (χ1) is 20.0. The maximum atomic E-state index is 13.5. The fourth-order valence-corrected chi connectivity index (χ4v) is 7.62. The third-order valence-corrected chi connectivity index (χ3v) is 10.1. The van der Waals surface area contributed by atoms with Gasteiger partial charge >= 0.3 is 0 Å². The maximum absolute atomic E-state index is 13.5. The Morgan fingerprint density at radius 2 is 1.90 bits per heavy atom. The van der Waals surface area contributed by atoms with Crippen LogP contribution in [0.15, 0.2) is 30.5 Å². The molecule has 1 amide bonds. The summed E-state index contributed by atoms with van der Waals surface area (Å²) < 4.78 is 15.7. The summed E-state index contributed by atoms with van der Waals surface area (Å²) in [6, 6.07) is 8.40. The van der Waals surface area contributed by atoms with Crippen LogP contribution in [0, 0.1) is 23.1 Å². The van der Waals surface area contributed by atoms with Crippen molar-refractivity contribution in [2.45, 2.75) is 51.9 Å². The van der Waals surface area contributed by atoms with E-state index >= 15 is 0 Å². The molecule has 0 spiro atoms. The summed E-state index contributed by atoms with van der Waals surface area (Å²) in [5.74, 6) is 1.95. The van der Waals surface area contributed by atoms with Crippen LogP contribution in [0.3, 0.4) is 0 Å². The highest BCUT2D eigenvalue weighted by Crippen LogP contribution is 2.40. The fraction of sp³-hybridized carbons (Fsp3) is 0.467. The minimum absolute atomic E-state index is 0.144. The maximum Gasteiger partial charge on any atom is 0.234 e. The van der Waals surface area contributed by atoms with Crippen molar-refractivity contribution in [2.75, 3.05) is 37.6 Å². The third kappa shape index (κ3) is 5.87. The van der Waals surface area contributed by atoms with Crippen LogP contribution in [0.4, 0.5) is 15.3 Å².